The van der Waals surface area contributed by atoms with Crippen LogP contribution >= 0.6 is 0 Å². The first-order chi connectivity index (χ1) is 10.6. The van der Waals surface area contributed by atoms with E-state index in [0.29, 0.717) is 19.0 Å². The number of nitrogens with zero attached hydrogens (tertiary/aromatic N) is 1. The molecule has 0 spiro atoms. The zero-order valence-corrected chi connectivity index (χ0v) is 13.9. The summed E-state index contributed by atoms with van der Waals surface area (Å²) in [6.07, 6.45) is 6.79. The molecule has 0 aromatic heterocycles. The van der Waals surface area contributed by atoms with E-state index in [1.807, 2.05) is 4.90 Å². The summed E-state index contributed by atoms with van der Waals surface area (Å²) in [5.41, 5.74) is 0. The number of carbonyl (C=O) groups is 2. The number of piperidine rings is 1. The minimum Gasteiger partial charge on any atom is -0.341 e. The molecule has 126 valence electrons. The molecule has 0 bridgehead atoms. The maximum atomic E-state index is 12.2. The molecular weight excluding hydrogens is 280 g/mol. The first kappa shape index (κ1) is 16.9. The Morgan fingerprint density at radius 1 is 1.09 bits per heavy atom. The number of nitrogens with one attached hydrogen (secondary N) is 3. The largest absolute Gasteiger partial charge is 0.341 e. The summed E-state index contributed by atoms with van der Waals surface area (Å²) in [5.74, 6) is 1.35. The Bertz CT molecular complexity index is 380. The van der Waals surface area contributed by atoms with Crippen LogP contribution in [0.2, 0.25) is 0 Å². The van der Waals surface area contributed by atoms with Gasteiger partial charge in [-0.05, 0) is 31.1 Å². The van der Waals surface area contributed by atoms with Gasteiger partial charge in [-0.25, -0.2) is 9.59 Å². The topological polar surface area (TPSA) is 73.5 Å². The lowest BCUT2D eigenvalue weighted by molar-refractivity contribution is 0.170. The van der Waals surface area contributed by atoms with Crippen molar-refractivity contribution in [3.8, 4) is 0 Å². The molecule has 1 saturated carbocycles. The molecule has 1 saturated heterocycles. The maximum Gasteiger partial charge on any atom is 0.317 e. The minimum absolute atomic E-state index is 0.0520. The second-order valence-corrected chi connectivity index (χ2v) is 6.69. The van der Waals surface area contributed by atoms with Crippen molar-refractivity contribution >= 4 is 12.1 Å². The zero-order chi connectivity index (χ0) is 15.9. The normalized spacial score (nSPS) is 26.4. The van der Waals surface area contributed by atoms with Crippen LogP contribution in [0.5, 0.6) is 0 Å². The molecule has 2 fully saturated rings. The van der Waals surface area contributed by atoms with Crippen LogP contribution in [0.4, 0.5) is 9.59 Å². The highest BCUT2D eigenvalue weighted by Gasteiger charge is 2.25. The van der Waals surface area contributed by atoms with E-state index in [9.17, 15) is 9.59 Å². The standard InChI is InChI=1S/C16H30N4O2/c1-12-5-3-4-6-13(12)11-18-16(22)20-9-7-14(8-10-20)19-15(21)17-2/h12-14H,3-11H2,1-2H3,(H,18,22)(H2,17,19,21). The Kier molecular flexibility index (Phi) is 6.34. The van der Waals surface area contributed by atoms with Crippen LogP contribution in [0.15, 0.2) is 0 Å². The summed E-state index contributed by atoms with van der Waals surface area (Å²) in [6.45, 7) is 4.52. The van der Waals surface area contributed by atoms with Crippen LogP contribution < -0.4 is 16.0 Å². The summed E-state index contributed by atoms with van der Waals surface area (Å²) in [6, 6.07) is 0.0766. The van der Waals surface area contributed by atoms with Crippen molar-refractivity contribution in [2.24, 2.45) is 11.8 Å². The van der Waals surface area contributed by atoms with Crippen molar-refractivity contribution in [3.63, 3.8) is 0 Å². The van der Waals surface area contributed by atoms with Gasteiger partial charge in [-0.2, -0.15) is 0 Å². The van der Waals surface area contributed by atoms with Crippen LogP contribution in [0.3, 0.4) is 0 Å². The predicted octanol–water partition coefficient (Wildman–Crippen LogP) is 1.92. The second kappa shape index (κ2) is 8.25. The van der Waals surface area contributed by atoms with Crippen molar-refractivity contribution < 1.29 is 9.59 Å². The van der Waals surface area contributed by atoms with E-state index in [4.69, 9.17) is 0 Å². The lowest BCUT2D eigenvalue weighted by atomic mass is 9.80. The average molecular weight is 310 g/mol. The molecule has 1 heterocycles. The number of rotatable bonds is 3. The number of hydrogen-bond donors (Lipinski definition) is 3. The molecule has 0 aromatic rings. The molecule has 2 unspecified atom stereocenters. The van der Waals surface area contributed by atoms with Gasteiger partial charge in [0.1, 0.15) is 0 Å². The van der Waals surface area contributed by atoms with E-state index in [2.05, 4.69) is 22.9 Å². The van der Waals surface area contributed by atoms with Gasteiger partial charge in [0.25, 0.3) is 0 Å². The summed E-state index contributed by atoms with van der Waals surface area (Å²) >= 11 is 0. The fraction of sp³-hybridized carbons (Fsp3) is 0.875. The highest BCUT2D eigenvalue weighted by molar-refractivity contribution is 5.75. The first-order valence-electron chi connectivity index (χ1n) is 8.61. The quantitative estimate of drug-likeness (QED) is 0.745. The molecule has 3 N–H and O–H groups in total. The van der Waals surface area contributed by atoms with Gasteiger partial charge in [0.05, 0.1) is 0 Å². The molecule has 6 nitrogen and oxygen atoms in total. The molecular formula is C16H30N4O2. The number of carbonyl (C=O) groups excluding carboxylic acids is 2. The second-order valence-electron chi connectivity index (χ2n) is 6.69. The monoisotopic (exact) mass is 310 g/mol. The Balaban J connectivity index is 1.67. The highest BCUT2D eigenvalue weighted by atomic mass is 16.2. The van der Waals surface area contributed by atoms with Gasteiger partial charge in [0.15, 0.2) is 0 Å². The fourth-order valence-electron chi connectivity index (χ4n) is 3.51. The van der Waals surface area contributed by atoms with Crippen LogP contribution in [-0.2, 0) is 0 Å². The van der Waals surface area contributed by atoms with Gasteiger partial charge >= 0.3 is 12.1 Å². The Morgan fingerprint density at radius 2 is 1.77 bits per heavy atom. The van der Waals surface area contributed by atoms with Crippen molar-refractivity contribution in [1.29, 1.82) is 0 Å². The predicted molar refractivity (Wildman–Crippen MR) is 86.7 cm³/mol. The van der Waals surface area contributed by atoms with Gasteiger partial charge in [-0.1, -0.05) is 26.2 Å². The number of hydrogen-bond acceptors (Lipinski definition) is 2. The third-order valence-electron chi connectivity index (χ3n) is 5.15. The molecule has 2 atom stereocenters. The van der Waals surface area contributed by atoms with Crippen LogP contribution in [0, 0.1) is 11.8 Å². The summed E-state index contributed by atoms with van der Waals surface area (Å²) in [7, 11) is 1.62. The molecule has 2 rings (SSSR count). The van der Waals surface area contributed by atoms with Crippen molar-refractivity contribution in [2.75, 3.05) is 26.7 Å². The van der Waals surface area contributed by atoms with E-state index >= 15 is 0 Å². The smallest absolute Gasteiger partial charge is 0.317 e. The van der Waals surface area contributed by atoms with E-state index in [1.165, 1.54) is 25.7 Å². The molecule has 22 heavy (non-hydrogen) atoms. The molecule has 4 amide bonds. The Hall–Kier alpha value is -1.46. The molecule has 2 aliphatic rings. The van der Waals surface area contributed by atoms with Gasteiger partial charge < -0.3 is 20.9 Å². The lowest BCUT2D eigenvalue weighted by Gasteiger charge is -2.34. The zero-order valence-electron chi connectivity index (χ0n) is 13.9. The van der Waals surface area contributed by atoms with Crippen molar-refractivity contribution in [2.45, 2.75) is 51.5 Å². The molecule has 1 aliphatic heterocycles. The van der Waals surface area contributed by atoms with Gasteiger partial charge in [-0.15, -0.1) is 0 Å². The third-order valence-corrected chi connectivity index (χ3v) is 5.15. The van der Waals surface area contributed by atoms with Crippen LogP contribution in [0.25, 0.3) is 0 Å². The molecule has 0 radical (unpaired) electrons. The van der Waals surface area contributed by atoms with Crippen LogP contribution in [-0.4, -0.2) is 49.7 Å². The summed E-state index contributed by atoms with van der Waals surface area (Å²) in [4.78, 5) is 25.4. The van der Waals surface area contributed by atoms with Crippen molar-refractivity contribution in [1.82, 2.24) is 20.9 Å². The van der Waals surface area contributed by atoms with E-state index < -0.39 is 0 Å². The summed E-state index contributed by atoms with van der Waals surface area (Å²) in [5, 5.41) is 8.58. The maximum absolute atomic E-state index is 12.2. The number of urea groups is 2. The van der Waals surface area contributed by atoms with Gasteiger partial charge in [0.2, 0.25) is 0 Å². The molecule has 6 heteroatoms. The van der Waals surface area contributed by atoms with Crippen molar-refractivity contribution in [3.05, 3.63) is 0 Å². The van der Waals surface area contributed by atoms with Gasteiger partial charge in [0, 0.05) is 32.7 Å². The van der Waals surface area contributed by atoms with E-state index in [1.54, 1.807) is 7.05 Å². The summed E-state index contributed by atoms with van der Waals surface area (Å²) < 4.78 is 0. The van der Waals surface area contributed by atoms with E-state index in [-0.39, 0.29) is 18.1 Å². The third kappa shape index (κ3) is 4.78. The first-order valence-corrected chi connectivity index (χ1v) is 8.61. The highest BCUT2D eigenvalue weighted by Crippen LogP contribution is 2.28. The minimum atomic E-state index is -0.144. The molecule has 0 aromatic carbocycles. The lowest BCUT2D eigenvalue weighted by Crippen LogP contribution is -2.51. The average Bonchev–Trinajstić information content (AvgIpc) is 2.54. The SMILES string of the molecule is CNC(=O)NC1CCN(C(=O)NCC2CCCCC2C)CC1. The Morgan fingerprint density at radius 3 is 2.41 bits per heavy atom. The fourth-order valence-corrected chi connectivity index (χ4v) is 3.51. The van der Waals surface area contributed by atoms with Crippen LogP contribution in [0.1, 0.15) is 45.4 Å². The number of amides is 4. The molecule has 1 aliphatic carbocycles. The van der Waals surface area contributed by atoms with Gasteiger partial charge in [-0.3, -0.25) is 0 Å². The van der Waals surface area contributed by atoms with E-state index in [0.717, 1.165) is 25.3 Å². The number of likely N-dealkylation sites (tertiary alicyclic amines) is 1. The Labute approximate surface area is 133 Å².